The van der Waals surface area contributed by atoms with E-state index in [4.69, 9.17) is 4.74 Å². The van der Waals surface area contributed by atoms with Crippen LogP contribution in [0.5, 0.6) is 5.75 Å². The summed E-state index contributed by atoms with van der Waals surface area (Å²) in [5, 5.41) is 20.7. The van der Waals surface area contributed by atoms with Crippen LogP contribution in [0.15, 0.2) is 84.9 Å². The fourth-order valence-electron chi connectivity index (χ4n) is 5.81. The molecule has 0 radical (unpaired) electrons. The Kier molecular flexibility index (Phi) is 12.4. The summed E-state index contributed by atoms with van der Waals surface area (Å²) in [7, 11) is 0. The fraction of sp³-hybridized carbons (Fsp3) is 0.417. The van der Waals surface area contributed by atoms with Crippen molar-refractivity contribution >= 4 is 17.8 Å². The molecular weight excluding hydrogens is 568 g/mol. The SMILES string of the molecule is Cc1ccccc1OCC(=O)N[C@H](Cc1ccccc1)[C@H](O)C[C@@H](Cc1ccccc1)NC(=O)[C@@H](C(C)C)N1CCCNC1=O. The third-order valence-corrected chi connectivity index (χ3v) is 8.11. The van der Waals surface area contributed by atoms with Gasteiger partial charge in [0.1, 0.15) is 11.8 Å². The zero-order valence-corrected chi connectivity index (χ0v) is 26.4. The summed E-state index contributed by atoms with van der Waals surface area (Å²) in [4.78, 5) is 41.2. The zero-order chi connectivity index (χ0) is 32.2. The van der Waals surface area contributed by atoms with Crippen LogP contribution in [0.3, 0.4) is 0 Å². The van der Waals surface area contributed by atoms with Crippen LogP contribution in [-0.4, -0.2) is 71.8 Å². The first-order valence-corrected chi connectivity index (χ1v) is 15.8. The second kappa shape index (κ2) is 16.6. The Morgan fingerprint density at radius 2 is 1.53 bits per heavy atom. The van der Waals surface area contributed by atoms with Crippen LogP contribution >= 0.6 is 0 Å². The summed E-state index contributed by atoms with van der Waals surface area (Å²) >= 11 is 0. The molecule has 240 valence electrons. The van der Waals surface area contributed by atoms with Crippen LogP contribution in [0.4, 0.5) is 4.79 Å². The van der Waals surface area contributed by atoms with Gasteiger partial charge in [0.2, 0.25) is 5.91 Å². The van der Waals surface area contributed by atoms with Gasteiger partial charge in [-0.2, -0.15) is 0 Å². The Bertz CT molecular complexity index is 1380. The number of urea groups is 1. The van der Waals surface area contributed by atoms with Crippen molar-refractivity contribution in [2.24, 2.45) is 5.92 Å². The lowest BCUT2D eigenvalue weighted by Crippen LogP contribution is -2.59. The van der Waals surface area contributed by atoms with Crippen LogP contribution in [0.2, 0.25) is 0 Å². The predicted octanol–water partition coefficient (Wildman–Crippen LogP) is 4.02. The van der Waals surface area contributed by atoms with Gasteiger partial charge in [0.15, 0.2) is 6.61 Å². The quantitative estimate of drug-likeness (QED) is 0.206. The molecule has 4 atom stereocenters. The minimum Gasteiger partial charge on any atom is -0.484 e. The van der Waals surface area contributed by atoms with Gasteiger partial charge in [0.25, 0.3) is 5.91 Å². The van der Waals surface area contributed by atoms with Gasteiger partial charge in [-0.1, -0.05) is 92.7 Å². The number of amides is 4. The number of hydrogen-bond acceptors (Lipinski definition) is 5. The standard InChI is InChI=1S/C36H46N4O5/c1-25(2)34(40-20-12-19-37-36(40)44)35(43)38-29(21-27-14-6-4-7-15-27)23-31(41)30(22-28-16-8-5-9-17-28)39-33(42)24-45-32-18-11-10-13-26(32)3/h4-11,13-18,25,29-31,34,41H,12,19-24H2,1-3H3,(H,37,44)(H,38,43)(H,39,42)/t29-,30-,31-,34-/m1/s1. The summed E-state index contributed by atoms with van der Waals surface area (Å²) in [6.45, 7) is 6.67. The number of nitrogens with zero attached hydrogens (tertiary/aromatic N) is 1. The van der Waals surface area contributed by atoms with Crippen LogP contribution in [0.25, 0.3) is 0 Å². The monoisotopic (exact) mass is 614 g/mol. The molecule has 4 amide bonds. The van der Waals surface area contributed by atoms with Gasteiger partial charge in [-0.15, -0.1) is 0 Å². The van der Waals surface area contributed by atoms with Crippen LogP contribution in [0.1, 0.15) is 43.4 Å². The Morgan fingerprint density at radius 3 is 2.16 bits per heavy atom. The van der Waals surface area contributed by atoms with Crippen LogP contribution < -0.4 is 20.7 Å². The predicted molar refractivity (Wildman–Crippen MR) is 175 cm³/mol. The van der Waals surface area contributed by atoms with Crippen molar-refractivity contribution in [1.29, 1.82) is 0 Å². The van der Waals surface area contributed by atoms with Crippen molar-refractivity contribution in [3.8, 4) is 5.75 Å². The first-order chi connectivity index (χ1) is 21.7. The number of benzene rings is 3. The van der Waals surface area contributed by atoms with E-state index in [-0.39, 0.29) is 36.8 Å². The lowest BCUT2D eigenvalue weighted by atomic mass is 9.92. The molecule has 1 saturated heterocycles. The third kappa shape index (κ3) is 10.1. The minimum absolute atomic E-state index is 0.116. The van der Waals surface area contributed by atoms with Gasteiger partial charge >= 0.3 is 6.03 Å². The number of ether oxygens (including phenoxy) is 1. The van der Waals surface area contributed by atoms with Crippen LogP contribution in [0, 0.1) is 12.8 Å². The number of para-hydroxylation sites is 1. The molecule has 3 aromatic rings. The highest BCUT2D eigenvalue weighted by molar-refractivity contribution is 5.87. The highest BCUT2D eigenvalue weighted by atomic mass is 16.5. The number of aliphatic hydroxyl groups is 1. The van der Waals surface area contributed by atoms with Crippen molar-refractivity contribution in [3.63, 3.8) is 0 Å². The molecule has 0 aromatic heterocycles. The molecular formula is C36H46N4O5. The van der Waals surface area contributed by atoms with E-state index in [0.717, 1.165) is 23.1 Å². The topological polar surface area (TPSA) is 120 Å². The first kappa shape index (κ1) is 33.5. The molecule has 0 unspecified atom stereocenters. The average molecular weight is 615 g/mol. The maximum absolute atomic E-state index is 13.8. The lowest BCUT2D eigenvalue weighted by molar-refractivity contribution is -0.128. The number of aliphatic hydroxyl groups excluding tert-OH is 1. The highest BCUT2D eigenvalue weighted by Gasteiger charge is 2.35. The Labute approximate surface area is 266 Å². The summed E-state index contributed by atoms with van der Waals surface area (Å²) in [6, 6.07) is 24.9. The first-order valence-electron chi connectivity index (χ1n) is 15.8. The molecule has 45 heavy (non-hydrogen) atoms. The van der Waals surface area contributed by atoms with Crippen molar-refractivity contribution in [3.05, 3.63) is 102 Å². The molecule has 1 fully saturated rings. The summed E-state index contributed by atoms with van der Waals surface area (Å²) in [5.41, 5.74) is 2.88. The molecule has 0 aliphatic carbocycles. The Hall–Kier alpha value is -4.37. The fourth-order valence-corrected chi connectivity index (χ4v) is 5.81. The van der Waals surface area contributed by atoms with E-state index >= 15 is 0 Å². The molecule has 0 bridgehead atoms. The van der Waals surface area contributed by atoms with Crippen molar-refractivity contribution in [2.75, 3.05) is 19.7 Å². The van der Waals surface area contributed by atoms with E-state index in [2.05, 4.69) is 16.0 Å². The van der Waals surface area contributed by atoms with E-state index in [9.17, 15) is 19.5 Å². The summed E-state index contributed by atoms with van der Waals surface area (Å²) in [5.74, 6) is -0.0987. The van der Waals surface area contributed by atoms with E-state index in [0.29, 0.717) is 31.7 Å². The maximum Gasteiger partial charge on any atom is 0.318 e. The summed E-state index contributed by atoms with van der Waals surface area (Å²) < 4.78 is 5.77. The summed E-state index contributed by atoms with van der Waals surface area (Å²) in [6.07, 6.45) is 0.838. The van der Waals surface area contributed by atoms with Crippen LogP contribution in [-0.2, 0) is 22.4 Å². The maximum atomic E-state index is 13.8. The van der Waals surface area contributed by atoms with Gasteiger partial charge in [-0.25, -0.2) is 4.79 Å². The van der Waals surface area contributed by atoms with Crippen molar-refractivity contribution in [2.45, 2.75) is 70.7 Å². The van der Waals surface area contributed by atoms with E-state index < -0.39 is 24.2 Å². The van der Waals surface area contributed by atoms with E-state index in [1.807, 2.05) is 106 Å². The lowest BCUT2D eigenvalue weighted by Gasteiger charge is -2.37. The van der Waals surface area contributed by atoms with Gasteiger partial charge in [0.05, 0.1) is 12.1 Å². The smallest absolute Gasteiger partial charge is 0.318 e. The number of carbonyl (C=O) groups is 3. The van der Waals surface area contributed by atoms with Gasteiger partial charge in [0, 0.05) is 19.1 Å². The van der Waals surface area contributed by atoms with E-state index in [1.54, 1.807) is 4.90 Å². The molecule has 1 aliphatic rings. The van der Waals surface area contributed by atoms with Gasteiger partial charge in [-0.3, -0.25) is 9.59 Å². The van der Waals surface area contributed by atoms with Gasteiger partial charge < -0.3 is 30.7 Å². The molecule has 4 rings (SSSR count). The second-order valence-corrected chi connectivity index (χ2v) is 12.1. The number of carbonyl (C=O) groups excluding carboxylic acids is 3. The largest absolute Gasteiger partial charge is 0.484 e. The molecule has 9 heteroatoms. The van der Waals surface area contributed by atoms with Crippen molar-refractivity contribution in [1.82, 2.24) is 20.9 Å². The normalized spacial score (nSPS) is 15.8. The Morgan fingerprint density at radius 1 is 0.911 bits per heavy atom. The number of aryl methyl sites for hydroxylation is 1. The van der Waals surface area contributed by atoms with Gasteiger partial charge in [-0.05, 0) is 61.3 Å². The molecule has 4 N–H and O–H groups in total. The molecule has 0 saturated carbocycles. The second-order valence-electron chi connectivity index (χ2n) is 12.1. The minimum atomic E-state index is -0.989. The molecule has 3 aromatic carbocycles. The molecule has 1 heterocycles. The highest BCUT2D eigenvalue weighted by Crippen LogP contribution is 2.19. The van der Waals surface area contributed by atoms with E-state index in [1.165, 1.54) is 0 Å². The zero-order valence-electron chi connectivity index (χ0n) is 26.4. The Balaban J connectivity index is 1.51. The molecule has 1 aliphatic heterocycles. The number of rotatable bonds is 15. The third-order valence-electron chi connectivity index (χ3n) is 8.11. The molecule has 0 spiro atoms. The average Bonchev–Trinajstić information content (AvgIpc) is 3.02. The number of hydrogen-bond donors (Lipinski definition) is 4. The molecule has 9 nitrogen and oxygen atoms in total. The number of nitrogens with one attached hydrogen (secondary N) is 3. The van der Waals surface area contributed by atoms with Crippen molar-refractivity contribution < 1.29 is 24.2 Å².